The largest absolute Gasteiger partial charge is 0.322 e. The van der Waals surface area contributed by atoms with Crippen molar-refractivity contribution >= 4 is 21.6 Å². The Morgan fingerprint density at radius 1 is 1.29 bits per heavy atom. The summed E-state index contributed by atoms with van der Waals surface area (Å²) in [5.41, 5.74) is 1.80. The molecule has 0 radical (unpaired) electrons. The van der Waals surface area contributed by atoms with Crippen LogP contribution in [-0.2, 0) is 9.84 Å². The molecule has 1 atom stereocenters. The molecular weight excluding hydrogens is 290 g/mol. The van der Waals surface area contributed by atoms with Gasteiger partial charge < -0.3 is 15.5 Å². The van der Waals surface area contributed by atoms with Crippen LogP contribution >= 0.6 is 0 Å². The lowest BCUT2D eigenvalue weighted by atomic mass is 10.1. The van der Waals surface area contributed by atoms with Crippen LogP contribution < -0.4 is 10.6 Å². The SMILES string of the molecule is CNC(C)c1cccc(NC(=O)N2CCS(=O)(=O)CC2)c1. The molecule has 2 N–H and O–H groups in total. The summed E-state index contributed by atoms with van der Waals surface area (Å²) in [5.74, 6) is 0.0779. The third kappa shape index (κ3) is 4.18. The molecule has 2 amide bonds. The van der Waals surface area contributed by atoms with E-state index in [-0.39, 0.29) is 36.7 Å². The molecule has 1 aliphatic heterocycles. The molecule has 1 aromatic rings. The van der Waals surface area contributed by atoms with Gasteiger partial charge in [-0.15, -0.1) is 0 Å². The number of sulfone groups is 1. The Kier molecular flexibility index (Phi) is 4.84. The van der Waals surface area contributed by atoms with Gasteiger partial charge in [0.1, 0.15) is 0 Å². The van der Waals surface area contributed by atoms with Gasteiger partial charge in [0.05, 0.1) is 11.5 Å². The van der Waals surface area contributed by atoms with E-state index in [9.17, 15) is 13.2 Å². The molecule has 1 aromatic carbocycles. The lowest BCUT2D eigenvalue weighted by molar-refractivity contribution is 0.216. The molecule has 0 aliphatic carbocycles. The topological polar surface area (TPSA) is 78.5 Å². The van der Waals surface area contributed by atoms with Gasteiger partial charge in [-0.05, 0) is 31.7 Å². The van der Waals surface area contributed by atoms with E-state index in [0.29, 0.717) is 5.69 Å². The quantitative estimate of drug-likeness (QED) is 0.880. The summed E-state index contributed by atoms with van der Waals surface area (Å²) in [4.78, 5) is 13.7. The summed E-state index contributed by atoms with van der Waals surface area (Å²) in [6.07, 6.45) is 0. The first-order chi connectivity index (χ1) is 9.91. The molecule has 1 aliphatic rings. The van der Waals surface area contributed by atoms with E-state index in [1.54, 1.807) is 0 Å². The maximum atomic E-state index is 12.1. The molecule has 21 heavy (non-hydrogen) atoms. The van der Waals surface area contributed by atoms with Gasteiger partial charge in [-0.2, -0.15) is 0 Å². The van der Waals surface area contributed by atoms with Crippen LogP contribution in [0.2, 0.25) is 0 Å². The fourth-order valence-electron chi connectivity index (χ4n) is 2.17. The fraction of sp³-hybridized carbons (Fsp3) is 0.500. The molecule has 0 bridgehead atoms. The van der Waals surface area contributed by atoms with E-state index >= 15 is 0 Å². The van der Waals surface area contributed by atoms with Crippen LogP contribution in [0.1, 0.15) is 18.5 Å². The molecule has 116 valence electrons. The molecule has 0 saturated carbocycles. The lowest BCUT2D eigenvalue weighted by Gasteiger charge is -2.27. The fourth-order valence-corrected chi connectivity index (χ4v) is 3.37. The van der Waals surface area contributed by atoms with E-state index in [1.807, 2.05) is 38.2 Å². The van der Waals surface area contributed by atoms with E-state index in [4.69, 9.17) is 0 Å². The lowest BCUT2D eigenvalue weighted by Crippen LogP contribution is -2.45. The Hall–Kier alpha value is -1.60. The molecular formula is C14H21N3O3S. The van der Waals surface area contributed by atoms with Crippen LogP contribution in [0.15, 0.2) is 24.3 Å². The van der Waals surface area contributed by atoms with Crippen molar-refractivity contribution in [3.8, 4) is 0 Å². The summed E-state index contributed by atoms with van der Waals surface area (Å²) in [5, 5.41) is 5.97. The highest BCUT2D eigenvalue weighted by atomic mass is 32.2. The van der Waals surface area contributed by atoms with Crippen LogP contribution in [0, 0.1) is 0 Å². The molecule has 1 unspecified atom stereocenters. The number of rotatable bonds is 3. The van der Waals surface area contributed by atoms with Gasteiger partial charge in [0.25, 0.3) is 0 Å². The van der Waals surface area contributed by atoms with E-state index < -0.39 is 9.84 Å². The van der Waals surface area contributed by atoms with Crippen molar-refractivity contribution in [2.75, 3.05) is 37.0 Å². The van der Waals surface area contributed by atoms with Crippen LogP contribution in [0.25, 0.3) is 0 Å². The molecule has 1 saturated heterocycles. The summed E-state index contributed by atoms with van der Waals surface area (Å²) in [7, 11) is -1.09. The predicted molar refractivity (Wildman–Crippen MR) is 83.2 cm³/mol. The third-order valence-corrected chi connectivity index (χ3v) is 5.31. The number of hydrogen-bond acceptors (Lipinski definition) is 4. The zero-order chi connectivity index (χ0) is 15.5. The van der Waals surface area contributed by atoms with Gasteiger partial charge in [-0.1, -0.05) is 12.1 Å². The minimum Gasteiger partial charge on any atom is -0.322 e. The van der Waals surface area contributed by atoms with Gasteiger partial charge in [-0.3, -0.25) is 0 Å². The average molecular weight is 311 g/mol. The summed E-state index contributed by atoms with van der Waals surface area (Å²) >= 11 is 0. The van der Waals surface area contributed by atoms with Gasteiger partial charge >= 0.3 is 6.03 Å². The number of carbonyl (C=O) groups is 1. The highest BCUT2D eigenvalue weighted by Crippen LogP contribution is 2.17. The van der Waals surface area contributed by atoms with Gasteiger partial charge in [0.2, 0.25) is 0 Å². The standard InChI is InChI=1S/C14H21N3O3S/c1-11(15-2)12-4-3-5-13(10-12)16-14(18)17-6-8-21(19,20)9-7-17/h3-5,10-11,15H,6-9H2,1-2H3,(H,16,18). The maximum absolute atomic E-state index is 12.1. The first-order valence-electron chi connectivity index (χ1n) is 6.95. The van der Waals surface area contributed by atoms with E-state index in [2.05, 4.69) is 10.6 Å². The Morgan fingerprint density at radius 2 is 1.95 bits per heavy atom. The third-order valence-electron chi connectivity index (χ3n) is 3.70. The molecule has 1 fully saturated rings. The van der Waals surface area contributed by atoms with Crippen molar-refractivity contribution in [3.05, 3.63) is 29.8 Å². The molecule has 1 heterocycles. The van der Waals surface area contributed by atoms with Crippen molar-refractivity contribution in [3.63, 3.8) is 0 Å². The van der Waals surface area contributed by atoms with Crippen molar-refractivity contribution in [2.24, 2.45) is 0 Å². The first kappa shape index (κ1) is 15.8. The molecule has 0 spiro atoms. The van der Waals surface area contributed by atoms with Crippen LogP contribution in [0.3, 0.4) is 0 Å². The number of nitrogens with one attached hydrogen (secondary N) is 2. The summed E-state index contributed by atoms with van der Waals surface area (Å²) in [6.45, 7) is 2.54. The smallest absolute Gasteiger partial charge is 0.321 e. The minimum atomic E-state index is -2.97. The summed E-state index contributed by atoms with van der Waals surface area (Å²) in [6, 6.07) is 7.56. The first-order valence-corrected chi connectivity index (χ1v) is 8.77. The number of anilines is 1. The zero-order valence-electron chi connectivity index (χ0n) is 12.3. The number of amides is 2. The molecule has 0 aromatic heterocycles. The van der Waals surface area contributed by atoms with Crippen molar-refractivity contribution in [2.45, 2.75) is 13.0 Å². The number of benzene rings is 1. The Bertz CT molecular complexity index is 602. The molecule has 6 nitrogen and oxygen atoms in total. The van der Waals surface area contributed by atoms with Gasteiger partial charge in [0, 0.05) is 24.8 Å². The number of hydrogen-bond donors (Lipinski definition) is 2. The van der Waals surface area contributed by atoms with Crippen LogP contribution in [-0.4, -0.2) is 51.0 Å². The maximum Gasteiger partial charge on any atom is 0.321 e. The number of carbonyl (C=O) groups excluding carboxylic acids is 1. The zero-order valence-corrected chi connectivity index (χ0v) is 13.1. The minimum absolute atomic E-state index is 0.0389. The van der Waals surface area contributed by atoms with E-state index in [1.165, 1.54) is 4.90 Å². The van der Waals surface area contributed by atoms with Crippen molar-refractivity contribution in [1.29, 1.82) is 0 Å². The Labute approximate surface area is 125 Å². The highest BCUT2D eigenvalue weighted by molar-refractivity contribution is 7.91. The molecule has 2 rings (SSSR count). The second-order valence-corrected chi connectivity index (χ2v) is 7.51. The normalized spacial score (nSPS) is 19.0. The predicted octanol–water partition coefficient (Wildman–Crippen LogP) is 1.23. The van der Waals surface area contributed by atoms with Crippen LogP contribution in [0.4, 0.5) is 10.5 Å². The van der Waals surface area contributed by atoms with Crippen molar-refractivity contribution < 1.29 is 13.2 Å². The van der Waals surface area contributed by atoms with Crippen LogP contribution in [0.5, 0.6) is 0 Å². The average Bonchev–Trinajstić information content (AvgIpc) is 2.46. The number of urea groups is 1. The Balaban J connectivity index is 2.00. The van der Waals surface area contributed by atoms with Gasteiger partial charge in [-0.25, -0.2) is 13.2 Å². The second-order valence-electron chi connectivity index (χ2n) is 5.20. The monoisotopic (exact) mass is 311 g/mol. The van der Waals surface area contributed by atoms with Gasteiger partial charge in [0.15, 0.2) is 9.84 Å². The molecule has 7 heteroatoms. The number of nitrogens with zero attached hydrogens (tertiary/aromatic N) is 1. The Morgan fingerprint density at radius 3 is 2.57 bits per heavy atom. The summed E-state index contributed by atoms with van der Waals surface area (Å²) < 4.78 is 22.7. The second kappa shape index (κ2) is 6.44. The van der Waals surface area contributed by atoms with E-state index in [0.717, 1.165) is 5.56 Å². The van der Waals surface area contributed by atoms with Crippen molar-refractivity contribution in [1.82, 2.24) is 10.2 Å². The highest BCUT2D eigenvalue weighted by Gasteiger charge is 2.24.